The van der Waals surface area contributed by atoms with Crippen molar-refractivity contribution in [3.63, 3.8) is 0 Å². The molecule has 20 heavy (non-hydrogen) atoms. The average molecular weight is 307 g/mol. The zero-order chi connectivity index (χ0) is 14.2. The van der Waals surface area contributed by atoms with Crippen molar-refractivity contribution < 1.29 is 8.42 Å². The second kappa shape index (κ2) is 4.99. The Bertz CT molecular complexity index is 778. The molecular weight excluding hydrogens is 294 g/mol. The van der Waals surface area contributed by atoms with E-state index in [0.717, 1.165) is 11.4 Å². The number of nitrogens with zero attached hydrogens (tertiary/aromatic N) is 2. The van der Waals surface area contributed by atoms with Crippen LogP contribution in [0.25, 0.3) is 0 Å². The van der Waals surface area contributed by atoms with Gasteiger partial charge in [-0.15, -0.1) is 11.3 Å². The molecule has 1 aliphatic rings. The van der Waals surface area contributed by atoms with Gasteiger partial charge in [0.05, 0.1) is 11.4 Å². The van der Waals surface area contributed by atoms with Crippen molar-refractivity contribution >= 4 is 27.2 Å². The average Bonchev–Trinajstić information content (AvgIpc) is 3.00. The molecule has 0 aliphatic carbocycles. The van der Waals surface area contributed by atoms with Crippen molar-refractivity contribution in [1.29, 1.82) is 0 Å². The first-order valence-corrected chi connectivity index (χ1v) is 8.50. The summed E-state index contributed by atoms with van der Waals surface area (Å²) in [5, 5.41) is 0.887. The molecule has 0 atom stereocenters. The first-order valence-electron chi connectivity index (χ1n) is 6.20. The Morgan fingerprint density at radius 2 is 2.15 bits per heavy atom. The summed E-state index contributed by atoms with van der Waals surface area (Å²) >= 11 is 1.60. The van der Waals surface area contributed by atoms with Crippen LogP contribution in [0.5, 0.6) is 0 Å². The highest BCUT2D eigenvalue weighted by Gasteiger charge is 2.29. The second-order valence-corrected chi connectivity index (χ2v) is 7.19. The summed E-state index contributed by atoms with van der Waals surface area (Å²) in [5.74, 6) is 0.397. The summed E-state index contributed by atoms with van der Waals surface area (Å²) in [6, 6.07) is 6.84. The smallest absolute Gasteiger partial charge is 0.263 e. The predicted molar refractivity (Wildman–Crippen MR) is 78.5 cm³/mol. The summed E-state index contributed by atoms with van der Waals surface area (Å²) in [5.41, 5.74) is 0.625. The number of aromatic nitrogens is 1. The van der Waals surface area contributed by atoms with Crippen molar-refractivity contribution in [2.75, 3.05) is 0 Å². The molecular formula is C13H13N3O2S2. The van der Waals surface area contributed by atoms with Gasteiger partial charge in [-0.25, -0.2) is 13.4 Å². The van der Waals surface area contributed by atoms with Crippen molar-refractivity contribution in [3.05, 3.63) is 45.9 Å². The monoisotopic (exact) mass is 307 g/mol. The van der Waals surface area contributed by atoms with Crippen LogP contribution < -0.4 is 4.72 Å². The van der Waals surface area contributed by atoms with Crippen LogP contribution in [-0.4, -0.2) is 19.2 Å². The van der Waals surface area contributed by atoms with E-state index in [9.17, 15) is 8.42 Å². The maximum Gasteiger partial charge on any atom is 0.263 e. The first-order chi connectivity index (χ1) is 9.60. The Balaban J connectivity index is 1.90. The van der Waals surface area contributed by atoms with E-state index >= 15 is 0 Å². The van der Waals surface area contributed by atoms with E-state index in [-0.39, 0.29) is 4.90 Å². The summed E-state index contributed by atoms with van der Waals surface area (Å²) in [6.07, 6.45) is 2.79. The number of nitrogens with one attached hydrogen (secondary N) is 1. The minimum Gasteiger partial charge on any atom is -0.263 e. The Hall–Kier alpha value is -1.73. The molecule has 0 saturated carbocycles. The van der Waals surface area contributed by atoms with E-state index in [1.807, 2.05) is 6.20 Å². The molecule has 0 bridgehead atoms. The van der Waals surface area contributed by atoms with Crippen LogP contribution in [0.3, 0.4) is 0 Å². The topological polar surface area (TPSA) is 71.4 Å². The van der Waals surface area contributed by atoms with Gasteiger partial charge in [-0.05, 0) is 18.6 Å². The van der Waals surface area contributed by atoms with Crippen molar-refractivity contribution in [3.8, 4) is 0 Å². The van der Waals surface area contributed by atoms with Crippen LogP contribution in [-0.2, 0) is 23.0 Å². The number of hydrogen-bond acceptors (Lipinski definition) is 5. The molecule has 0 unspecified atom stereocenters. The van der Waals surface area contributed by atoms with Gasteiger partial charge < -0.3 is 0 Å². The highest BCUT2D eigenvalue weighted by Crippen LogP contribution is 2.23. The Morgan fingerprint density at radius 1 is 1.35 bits per heavy atom. The fourth-order valence-corrected chi connectivity index (χ4v) is 4.02. The van der Waals surface area contributed by atoms with Gasteiger partial charge in [-0.2, -0.15) is 0 Å². The zero-order valence-electron chi connectivity index (χ0n) is 10.8. The molecule has 1 aromatic heterocycles. The highest BCUT2D eigenvalue weighted by atomic mass is 32.2. The van der Waals surface area contributed by atoms with Gasteiger partial charge in [0.2, 0.25) is 0 Å². The molecule has 1 N–H and O–H groups in total. The van der Waals surface area contributed by atoms with Crippen molar-refractivity contribution in [2.45, 2.75) is 24.8 Å². The van der Waals surface area contributed by atoms with Gasteiger partial charge in [0.1, 0.15) is 10.8 Å². The molecule has 3 rings (SSSR count). The molecule has 0 radical (unpaired) electrons. The third-order valence-electron chi connectivity index (χ3n) is 2.99. The molecule has 2 heterocycles. The minimum atomic E-state index is -3.46. The van der Waals surface area contributed by atoms with Gasteiger partial charge in [0, 0.05) is 16.6 Å². The van der Waals surface area contributed by atoms with Gasteiger partial charge in [-0.1, -0.05) is 19.1 Å². The highest BCUT2D eigenvalue weighted by molar-refractivity contribution is 7.90. The normalized spacial score (nSPS) is 17.9. The quantitative estimate of drug-likeness (QED) is 0.942. The van der Waals surface area contributed by atoms with E-state index in [0.29, 0.717) is 17.9 Å². The molecule has 7 heteroatoms. The van der Waals surface area contributed by atoms with E-state index in [4.69, 9.17) is 0 Å². The first kappa shape index (κ1) is 13.3. The van der Waals surface area contributed by atoms with Crippen LogP contribution in [0.2, 0.25) is 0 Å². The minimum absolute atomic E-state index is 0.284. The molecule has 0 fully saturated rings. The molecule has 5 nitrogen and oxygen atoms in total. The number of hydrogen-bond donors (Lipinski definition) is 1. The van der Waals surface area contributed by atoms with E-state index in [1.165, 1.54) is 4.88 Å². The van der Waals surface area contributed by atoms with Gasteiger partial charge in [-0.3, -0.25) is 9.71 Å². The fraction of sp³-hybridized carbons (Fsp3) is 0.231. The van der Waals surface area contributed by atoms with Gasteiger partial charge in [0.15, 0.2) is 0 Å². The van der Waals surface area contributed by atoms with Crippen LogP contribution >= 0.6 is 11.3 Å². The van der Waals surface area contributed by atoms with Crippen LogP contribution in [0.1, 0.15) is 22.4 Å². The van der Waals surface area contributed by atoms with E-state index in [2.05, 4.69) is 21.6 Å². The molecule has 1 aromatic carbocycles. The number of thiazole rings is 1. The zero-order valence-corrected chi connectivity index (χ0v) is 12.5. The van der Waals surface area contributed by atoms with Gasteiger partial charge in [0.25, 0.3) is 10.0 Å². The Kier molecular flexibility index (Phi) is 3.31. The fourth-order valence-electron chi connectivity index (χ4n) is 1.98. The van der Waals surface area contributed by atoms with Crippen LogP contribution in [0.15, 0.2) is 40.4 Å². The molecule has 0 saturated heterocycles. The van der Waals surface area contributed by atoms with E-state index < -0.39 is 10.0 Å². The molecule has 2 aromatic rings. The van der Waals surface area contributed by atoms with Crippen molar-refractivity contribution in [1.82, 2.24) is 9.71 Å². The SMILES string of the molecule is CCc1cnc(CN=C2NS(=O)(=O)c3ccccc32)s1. The lowest BCUT2D eigenvalue weighted by atomic mass is 10.2. The molecule has 0 amide bonds. The summed E-state index contributed by atoms with van der Waals surface area (Å²) in [6.45, 7) is 2.46. The van der Waals surface area contributed by atoms with Crippen LogP contribution in [0, 0.1) is 0 Å². The molecule has 104 valence electrons. The summed E-state index contributed by atoms with van der Waals surface area (Å²) < 4.78 is 26.3. The number of fused-ring (bicyclic) bond motifs is 1. The van der Waals surface area contributed by atoms with Crippen molar-refractivity contribution in [2.24, 2.45) is 4.99 Å². The van der Waals surface area contributed by atoms with Crippen LogP contribution in [0.4, 0.5) is 0 Å². The number of benzene rings is 1. The number of aryl methyl sites for hydroxylation is 1. The maximum atomic E-state index is 11.9. The number of amidine groups is 1. The number of rotatable bonds is 3. The van der Waals surface area contributed by atoms with E-state index in [1.54, 1.807) is 35.6 Å². The lowest BCUT2D eigenvalue weighted by Crippen LogP contribution is -2.22. The summed E-state index contributed by atoms with van der Waals surface area (Å²) in [7, 11) is -3.46. The molecule has 1 aliphatic heterocycles. The lowest BCUT2D eigenvalue weighted by molar-refractivity contribution is 0.595. The third-order valence-corrected chi connectivity index (χ3v) is 5.51. The second-order valence-electron chi connectivity index (χ2n) is 4.34. The number of aliphatic imine (C=N–C) groups is 1. The lowest BCUT2D eigenvalue weighted by Gasteiger charge is -1.97. The largest absolute Gasteiger partial charge is 0.263 e. The Labute approximate surface area is 121 Å². The van der Waals surface area contributed by atoms with Gasteiger partial charge >= 0.3 is 0 Å². The predicted octanol–water partition coefficient (Wildman–Crippen LogP) is 1.94. The third kappa shape index (κ3) is 2.34. The standard InChI is InChI=1S/C13H13N3O2S2/c1-2-9-7-14-12(19-9)8-15-13-10-5-3-4-6-11(10)20(17,18)16-13/h3-7H,2,8H2,1H3,(H,15,16). The number of sulfonamides is 1. The summed E-state index contributed by atoms with van der Waals surface area (Å²) in [4.78, 5) is 10.1. The maximum absolute atomic E-state index is 11.9. The Morgan fingerprint density at radius 3 is 2.90 bits per heavy atom. The molecule has 0 spiro atoms.